The third-order valence-corrected chi connectivity index (χ3v) is 6.80. The van der Waals surface area contributed by atoms with Crippen molar-refractivity contribution in [2.45, 2.75) is 32.9 Å². The van der Waals surface area contributed by atoms with E-state index in [1.807, 2.05) is 30.3 Å². The average molecular weight is 473 g/mol. The molecule has 1 saturated heterocycles. The summed E-state index contributed by atoms with van der Waals surface area (Å²) in [4.78, 5) is 20.1. The number of carbonyl (C=O) groups excluding carboxylic acids is 1. The molecule has 1 fully saturated rings. The summed E-state index contributed by atoms with van der Waals surface area (Å²) in [7, 11) is 0. The van der Waals surface area contributed by atoms with Gasteiger partial charge in [0.15, 0.2) is 0 Å². The molecule has 4 aromatic rings. The van der Waals surface area contributed by atoms with Gasteiger partial charge in [0.2, 0.25) is 11.9 Å². The maximum Gasteiger partial charge on any atom is 0.223 e. The van der Waals surface area contributed by atoms with Crippen LogP contribution >= 0.6 is 11.6 Å². The number of para-hydroxylation sites is 2. The van der Waals surface area contributed by atoms with Gasteiger partial charge in [0.05, 0.1) is 17.6 Å². The van der Waals surface area contributed by atoms with Gasteiger partial charge < -0.3 is 14.8 Å². The van der Waals surface area contributed by atoms with Crippen molar-refractivity contribution >= 4 is 34.5 Å². The molecule has 1 amide bonds. The fraction of sp³-hybridized carbons (Fsp3) is 0.286. The van der Waals surface area contributed by atoms with Gasteiger partial charge in [-0.05, 0) is 55.2 Å². The minimum absolute atomic E-state index is 0.0186. The summed E-state index contributed by atoms with van der Waals surface area (Å²) in [5.41, 5.74) is 5.68. The lowest BCUT2D eigenvalue weighted by Gasteiger charge is -2.32. The van der Waals surface area contributed by atoms with Crippen LogP contribution in [0.15, 0.2) is 72.8 Å². The molecule has 1 aliphatic heterocycles. The lowest BCUT2D eigenvalue weighted by atomic mass is 9.96. The van der Waals surface area contributed by atoms with Gasteiger partial charge >= 0.3 is 0 Å². The van der Waals surface area contributed by atoms with Gasteiger partial charge in [-0.25, -0.2) is 4.98 Å². The van der Waals surface area contributed by atoms with Crippen LogP contribution in [0.1, 0.15) is 29.5 Å². The van der Waals surface area contributed by atoms with E-state index in [0.717, 1.165) is 55.0 Å². The number of anilines is 1. The summed E-state index contributed by atoms with van der Waals surface area (Å²) < 4.78 is 2.31. The van der Waals surface area contributed by atoms with Crippen molar-refractivity contribution in [1.82, 2.24) is 14.9 Å². The van der Waals surface area contributed by atoms with E-state index in [0.29, 0.717) is 11.6 Å². The van der Waals surface area contributed by atoms with Crippen LogP contribution < -0.4 is 10.2 Å². The molecule has 1 aromatic heterocycles. The van der Waals surface area contributed by atoms with Crippen LogP contribution in [0.3, 0.4) is 0 Å². The Morgan fingerprint density at radius 1 is 1.00 bits per heavy atom. The molecule has 0 radical (unpaired) electrons. The summed E-state index contributed by atoms with van der Waals surface area (Å²) >= 11 is 6.06. The number of aryl methyl sites for hydroxylation is 1. The Hall–Kier alpha value is -3.31. The highest BCUT2D eigenvalue weighted by Gasteiger charge is 2.27. The quantitative estimate of drug-likeness (QED) is 0.398. The number of aromatic nitrogens is 2. The number of carbonyl (C=O) groups is 1. The summed E-state index contributed by atoms with van der Waals surface area (Å²) in [6.45, 7) is 5.03. The molecule has 5 nitrogen and oxygen atoms in total. The lowest BCUT2D eigenvalue weighted by molar-refractivity contribution is -0.125. The maximum atomic E-state index is 12.8. The Bertz CT molecular complexity index is 1310. The van der Waals surface area contributed by atoms with Crippen LogP contribution in [-0.2, 0) is 17.9 Å². The fourth-order valence-electron chi connectivity index (χ4n) is 4.78. The molecule has 6 heteroatoms. The first-order valence-electron chi connectivity index (χ1n) is 11.8. The molecule has 174 valence electrons. The number of amides is 1. The average Bonchev–Trinajstić information content (AvgIpc) is 3.21. The Morgan fingerprint density at radius 2 is 1.76 bits per heavy atom. The maximum absolute atomic E-state index is 12.8. The third kappa shape index (κ3) is 4.95. The van der Waals surface area contributed by atoms with E-state index in [4.69, 9.17) is 16.6 Å². The Labute approximate surface area is 205 Å². The normalized spacial score (nSPS) is 14.5. The molecule has 0 spiro atoms. The number of nitrogens with one attached hydrogen (secondary N) is 1. The summed E-state index contributed by atoms with van der Waals surface area (Å²) in [5, 5.41) is 3.77. The molecule has 34 heavy (non-hydrogen) atoms. The third-order valence-electron chi connectivity index (χ3n) is 6.56. The van der Waals surface area contributed by atoms with Gasteiger partial charge in [0.1, 0.15) is 0 Å². The zero-order valence-electron chi connectivity index (χ0n) is 19.4. The minimum atomic E-state index is 0.0186. The number of hydrogen-bond acceptors (Lipinski definition) is 3. The van der Waals surface area contributed by atoms with E-state index < -0.39 is 0 Å². The second-order valence-electron chi connectivity index (χ2n) is 9.08. The zero-order chi connectivity index (χ0) is 23.5. The minimum Gasteiger partial charge on any atom is -0.352 e. The molecule has 0 bridgehead atoms. The van der Waals surface area contributed by atoms with E-state index in [-0.39, 0.29) is 11.8 Å². The number of hydrogen-bond donors (Lipinski definition) is 1. The number of fused-ring (bicyclic) bond motifs is 1. The van der Waals surface area contributed by atoms with Gasteiger partial charge in [0, 0.05) is 30.6 Å². The SMILES string of the molecule is Cc1cccc(Cn2c(N3CCC(C(=O)NCc4cccc(Cl)c4)CC3)nc3ccccc32)c1. The number of benzene rings is 3. The first-order chi connectivity index (χ1) is 16.6. The van der Waals surface area contributed by atoms with Gasteiger partial charge in [-0.15, -0.1) is 0 Å². The fourth-order valence-corrected chi connectivity index (χ4v) is 4.99. The van der Waals surface area contributed by atoms with Gasteiger partial charge in [-0.3, -0.25) is 4.79 Å². The first kappa shape index (κ1) is 22.5. The molecule has 1 aliphatic rings. The van der Waals surface area contributed by atoms with E-state index in [2.05, 4.69) is 64.2 Å². The molecule has 2 heterocycles. The molecule has 5 rings (SSSR count). The summed E-state index contributed by atoms with van der Waals surface area (Å²) in [6.07, 6.45) is 1.63. The molecular weight excluding hydrogens is 444 g/mol. The van der Waals surface area contributed by atoms with Crippen LogP contribution in [-0.4, -0.2) is 28.5 Å². The number of halogens is 1. The van der Waals surface area contributed by atoms with Crippen molar-refractivity contribution in [3.05, 3.63) is 94.5 Å². The lowest BCUT2D eigenvalue weighted by Crippen LogP contribution is -2.41. The number of piperidine rings is 1. The Balaban J connectivity index is 1.28. The van der Waals surface area contributed by atoms with E-state index in [1.54, 1.807) is 0 Å². The van der Waals surface area contributed by atoms with Crippen molar-refractivity contribution in [3.8, 4) is 0 Å². The van der Waals surface area contributed by atoms with Crippen molar-refractivity contribution in [1.29, 1.82) is 0 Å². The van der Waals surface area contributed by atoms with Crippen molar-refractivity contribution in [3.63, 3.8) is 0 Å². The molecular formula is C28H29ClN4O. The number of rotatable bonds is 6. The van der Waals surface area contributed by atoms with Crippen molar-refractivity contribution in [2.24, 2.45) is 5.92 Å². The van der Waals surface area contributed by atoms with Crippen molar-refractivity contribution in [2.75, 3.05) is 18.0 Å². The smallest absolute Gasteiger partial charge is 0.223 e. The van der Waals surface area contributed by atoms with Crippen LogP contribution in [0.5, 0.6) is 0 Å². The second kappa shape index (κ2) is 9.90. The van der Waals surface area contributed by atoms with Crippen LogP contribution in [0.4, 0.5) is 5.95 Å². The predicted molar refractivity (Wildman–Crippen MR) is 138 cm³/mol. The Morgan fingerprint density at radius 3 is 2.56 bits per heavy atom. The monoisotopic (exact) mass is 472 g/mol. The highest BCUT2D eigenvalue weighted by atomic mass is 35.5. The van der Waals surface area contributed by atoms with Crippen molar-refractivity contribution < 1.29 is 4.79 Å². The van der Waals surface area contributed by atoms with Gasteiger partial charge in [-0.2, -0.15) is 0 Å². The Kier molecular flexibility index (Phi) is 6.54. The number of nitrogens with zero attached hydrogens (tertiary/aromatic N) is 3. The zero-order valence-corrected chi connectivity index (χ0v) is 20.1. The largest absolute Gasteiger partial charge is 0.352 e. The molecule has 1 N–H and O–H groups in total. The van der Waals surface area contributed by atoms with Crippen LogP contribution in [0.25, 0.3) is 11.0 Å². The van der Waals surface area contributed by atoms with E-state index >= 15 is 0 Å². The summed E-state index contributed by atoms with van der Waals surface area (Å²) in [5.74, 6) is 1.12. The van der Waals surface area contributed by atoms with Crippen LogP contribution in [0, 0.1) is 12.8 Å². The topological polar surface area (TPSA) is 50.2 Å². The summed E-state index contributed by atoms with van der Waals surface area (Å²) in [6, 6.07) is 24.6. The molecule has 0 saturated carbocycles. The number of imidazole rings is 1. The highest BCUT2D eigenvalue weighted by Crippen LogP contribution is 2.28. The molecule has 0 unspecified atom stereocenters. The second-order valence-corrected chi connectivity index (χ2v) is 9.52. The molecule has 0 atom stereocenters. The van der Waals surface area contributed by atoms with Gasteiger partial charge in [-0.1, -0.05) is 65.7 Å². The van der Waals surface area contributed by atoms with E-state index in [9.17, 15) is 4.79 Å². The van der Waals surface area contributed by atoms with Crippen LogP contribution in [0.2, 0.25) is 5.02 Å². The predicted octanol–water partition coefficient (Wildman–Crippen LogP) is 5.58. The van der Waals surface area contributed by atoms with E-state index in [1.165, 1.54) is 11.1 Å². The highest BCUT2D eigenvalue weighted by molar-refractivity contribution is 6.30. The van der Waals surface area contributed by atoms with Gasteiger partial charge in [0.25, 0.3) is 0 Å². The molecule has 0 aliphatic carbocycles. The molecule has 3 aromatic carbocycles. The standard InChI is InChI=1S/C28H29ClN4O/c1-20-6-4-8-22(16-20)19-33-26-11-3-2-10-25(26)31-28(33)32-14-12-23(13-15-32)27(34)30-18-21-7-5-9-24(29)17-21/h2-11,16-17,23H,12-15,18-19H2,1H3,(H,30,34). The first-order valence-corrected chi connectivity index (χ1v) is 12.2.